The number of anilines is 1. The highest BCUT2D eigenvalue weighted by Crippen LogP contribution is 2.30. The molecule has 0 aliphatic carbocycles. The fraction of sp³-hybridized carbons (Fsp3) is 0.133. The quantitative estimate of drug-likeness (QED) is 0.883. The third-order valence-electron chi connectivity index (χ3n) is 3.31. The molecule has 1 amide bonds. The van der Waals surface area contributed by atoms with Crippen molar-refractivity contribution in [2.75, 3.05) is 11.9 Å². The normalized spacial score (nSPS) is 13.9. The lowest BCUT2D eigenvalue weighted by molar-refractivity contribution is -0.118. The Labute approximate surface area is 138 Å². The molecule has 120 valence electrons. The molecule has 0 aromatic heterocycles. The second kappa shape index (κ2) is 6.19. The molecule has 0 unspecified atom stereocenters. The van der Waals surface area contributed by atoms with Crippen molar-refractivity contribution in [2.24, 2.45) is 0 Å². The van der Waals surface area contributed by atoms with Crippen molar-refractivity contribution < 1.29 is 17.9 Å². The van der Waals surface area contributed by atoms with Crippen LogP contribution in [0.3, 0.4) is 0 Å². The number of halogens is 1. The van der Waals surface area contributed by atoms with Crippen molar-refractivity contribution in [3.8, 4) is 5.75 Å². The molecule has 0 spiro atoms. The molecule has 2 aromatic carbocycles. The molecule has 0 radical (unpaired) electrons. The Morgan fingerprint density at radius 2 is 2.00 bits per heavy atom. The largest absolute Gasteiger partial charge is 0.482 e. The van der Waals surface area contributed by atoms with Crippen LogP contribution in [0.2, 0.25) is 5.02 Å². The zero-order valence-electron chi connectivity index (χ0n) is 11.9. The molecule has 2 N–H and O–H groups in total. The Hall–Kier alpha value is -2.09. The molecule has 0 saturated carbocycles. The second-order valence-corrected chi connectivity index (χ2v) is 7.08. The number of rotatable bonds is 4. The summed E-state index contributed by atoms with van der Waals surface area (Å²) in [4.78, 5) is 11.3. The van der Waals surface area contributed by atoms with Gasteiger partial charge in [-0.05, 0) is 23.8 Å². The van der Waals surface area contributed by atoms with Crippen LogP contribution in [0.15, 0.2) is 47.4 Å². The van der Waals surface area contributed by atoms with E-state index in [1.807, 2.05) is 0 Å². The lowest BCUT2D eigenvalue weighted by atomic mass is 10.2. The molecule has 0 saturated heterocycles. The Balaban J connectivity index is 1.80. The Morgan fingerprint density at radius 3 is 2.78 bits per heavy atom. The number of carbonyl (C=O) groups is 1. The summed E-state index contributed by atoms with van der Waals surface area (Å²) < 4.78 is 32.5. The molecule has 1 aliphatic rings. The van der Waals surface area contributed by atoms with Crippen molar-refractivity contribution >= 4 is 33.2 Å². The van der Waals surface area contributed by atoms with Crippen LogP contribution in [0.25, 0.3) is 0 Å². The van der Waals surface area contributed by atoms with E-state index in [1.54, 1.807) is 24.3 Å². The predicted molar refractivity (Wildman–Crippen MR) is 86.0 cm³/mol. The molecule has 1 heterocycles. The first-order valence-electron chi connectivity index (χ1n) is 6.75. The van der Waals surface area contributed by atoms with E-state index in [2.05, 4.69) is 10.0 Å². The first-order chi connectivity index (χ1) is 11.0. The minimum atomic E-state index is -3.72. The van der Waals surface area contributed by atoms with Gasteiger partial charge in [0, 0.05) is 17.6 Å². The topological polar surface area (TPSA) is 84.5 Å². The summed E-state index contributed by atoms with van der Waals surface area (Å²) >= 11 is 6.01. The second-order valence-electron chi connectivity index (χ2n) is 4.91. The molecule has 1 aliphatic heterocycles. The number of ether oxygens (including phenoxy) is 1. The molecular formula is C15H13ClN2O4S. The lowest BCUT2D eigenvalue weighted by Crippen LogP contribution is -2.26. The summed E-state index contributed by atoms with van der Waals surface area (Å²) in [7, 11) is -3.72. The van der Waals surface area contributed by atoms with E-state index < -0.39 is 10.0 Å². The molecule has 6 nitrogen and oxygen atoms in total. The van der Waals surface area contributed by atoms with E-state index in [1.165, 1.54) is 18.2 Å². The van der Waals surface area contributed by atoms with Gasteiger partial charge in [0.15, 0.2) is 6.61 Å². The van der Waals surface area contributed by atoms with Crippen molar-refractivity contribution in [3.63, 3.8) is 0 Å². The predicted octanol–water partition coefficient (Wildman–Crippen LogP) is 2.15. The fourth-order valence-corrected chi connectivity index (χ4v) is 3.34. The van der Waals surface area contributed by atoms with E-state index in [9.17, 15) is 13.2 Å². The van der Waals surface area contributed by atoms with Crippen LogP contribution < -0.4 is 14.8 Å². The smallest absolute Gasteiger partial charge is 0.262 e. The zero-order chi connectivity index (χ0) is 16.4. The number of nitrogens with one attached hydrogen (secondary N) is 2. The van der Waals surface area contributed by atoms with Crippen LogP contribution >= 0.6 is 11.6 Å². The third-order valence-corrected chi connectivity index (χ3v) is 5.07. The number of carbonyl (C=O) groups excluding carboxylic acids is 1. The maximum Gasteiger partial charge on any atom is 0.262 e. The van der Waals surface area contributed by atoms with Crippen molar-refractivity contribution in [3.05, 3.63) is 53.1 Å². The first-order valence-corrected chi connectivity index (χ1v) is 8.61. The van der Waals surface area contributed by atoms with Gasteiger partial charge in [0.25, 0.3) is 5.91 Å². The van der Waals surface area contributed by atoms with Gasteiger partial charge in [-0.25, -0.2) is 13.1 Å². The van der Waals surface area contributed by atoms with Gasteiger partial charge in [-0.15, -0.1) is 0 Å². The highest BCUT2D eigenvalue weighted by molar-refractivity contribution is 7.89. The standard InChI is InChI=1S/C15H13ClN2O4S/c16-12-4-2-1-3-10(12)8-17-23(20,21)11-5-6-13-14(7-11)22-9-15(19)18-13/h1-7,17H,8-9H2,(H,18,19). The molecule has 8 heteroatoms. The van der Waals surface area contributed by atoms with Crippen LogP contribution in [0.4, 0.5) is 5.69 Å². The Kier molecular flexibility index (Phi) is 4.25. The highest BCUT2D eigenvalue weighted by atomic mass is 35.5. The van der Waals surface area contributed by atoms with Crippen LogP contribution in [0.5, 0.6) is 5.75 Å². The SMILES string of the molecule is O=C1COc2cc(S(=O)(=O)NCc3ccccc3Cl)ccc2N1. The summed E-state index contributed by atoms with van der Waals surface area (Å²) in [6.07, 6.45) is 0. The van der Waals surface area contributed by atoms with E-state index >= 15 is 0 Å². The monoisotopic (exact) mass is 352 g/mol. The van der Waals surface area contributed by atoms with Crippen molar-refractivity contribution in [1.29, 1.82) is 0 Å². The fourth-order valence-electron chi connectivity index (χ4n) is 2.12. The summed E-state index contributed by atoms with van der Waals surface area (Å²) in [6, 6.07) is 11.3. The Bertz CT molecular complexity index is 868. The van der Waals surface area contributed by atoms with E-state index in [0.717, 1.165) is 0 Å². The summed E-state index contributed by atoms with van der Waals surface area (Å²) in [5.41, 5.74) is 1.13. The minimum Gasteiger partial charge on any atom is -0.482 e. The first kappa shape index (κ1) is 15.8. The van der Waals surface area contributed by atoms with Gasteiger partial charge in [-0.3, -0.25) is 4.79 Å². The molecule has 2 aromatic rings. The summed E-state index contributed by atoms with van der Waals surface area (Å²) in [6.45, 7) is -0.0553. The van der Waals surface area contributed by atoms with E-state index in [4.69, 9.17) is 16.3 Å². The number of hydrogen-bond donors (Lipinski definition) is 2. The molecule has 0 fully saturated rings. The van der Waals surface area contributed by atoms with Crippen LogP contribution in [0, 0.1) is 0 Å². The maximum atomic E-state index is 12.4. The molecule has 3 rings (SSSR count). The van der Waals surface area contributed by atoms with E-state index in [0.29, 0.717) is 22.0 Å². The van der Waals surface area contributed by atoms with Crippen LogP contribution in [-0.2, 0) is 21.4 Å². The van der Waals surface area contributed by atoms with Crippen LogP contribution in [0.1, 0.15) is 5.56 Å². The molecule has 23 heavy (non-hydrogen) atoms. The Morgan fingerprint density at radius 1 is 1.22 bits per heavy atom. The number of fused-ring (bicyclic) bond motifs is 1. The van der Waals surface area contributed by atoms with Gasteiger partial charge in [-0.1, -0.05) is 29.8 Å². The van der Waals surface area contributed by atoms with Gasteiger partial charge in [0.05, 0.1) is 10.6 Å². The summed E-state index contributed by atoms with van der Waals surface area (Å²) in [5.74, 6) is 0.0511. The average Bonchev–Trinajstić information content (AvgIpc) is 2.53. The molecule has 0 atom stereocenters. The minimum absolute atomic E-state index is 0.0550. The van der Waals surface area contributed by atoms with Crippen LogP contribution in [-0.4, -0.2) is 20.9 Å². The van der Waals surface area contributed by atoms with Gasteiger partial charge < -0.3 is 10.1 Å². The highest BCUT2D eigenvalue weighted by Gasteiger charge is 2.21. The van der Waals surface area contributed by atoms with Crippen molar-refractivity contribution in [2.45, 2.75) is 11.4 Å². The molecular weight excluding hydrogens is 340 g/mol. The number of sulfonamides is 1. The van der Waals surface area contributed by atoms with Gasteiger partial charge in [-0.2, -0.15) is 0 Å². The third kappa shape index (κ3) is 3.47. The number of benzene rings is 2. The maximum absolute atomic E-state index is 12.4. The lowest BCUT2D eigenvalue weighted by Gasteiger charge is -2.18. The number of amides is 1. The van der Waals surface area contributed by atoms with Gasteiger partial charge >= 0.3 is 0 Å². The zero-order valence-corrected chi connectivity index (χ0v) is 13.4. The van der Waals surface area contributed by atoms with Gasteiger partial charge in [0.2, 0.25) is 10.0 Å². The van der Waals surface area contributed by atoms with Crippen molar-refractivity contribution in [1.82, 2.24) is 4.72 Å². The van der Waals surface area contributed by atoms with E-state index in [-0.39, 0.29) is 24.0 Å². The summed E-state index contributed by atoms with van der Waals surface area (Å²) in [5, 5.41) is 3.10. The number of hydrogen-bond acceptors (Lipinski definition) is 4. The average molecular weight is 353 g/mol. The van der Waals surface area contributed by atoms with Gasteiger partial charge in [0.1, 0.15) is 5.75 Å². The molecule has 0 bridgehead atoms.